The Kier molecular flexibility index (Phi) is 7.93. The minimum absolute atomic E-state index is 0.225. The second-order valence-electron chi connectivity index (χ2n) is 6.83. The summed E-state index contributed by atoms with van der Waals surface area (Å²) < 4.78 is 49.0. The number of ether oxygens (including phenoxy) is 2. The molecule has 2 amide bonds. The molecule has 1 aromatic carbocycles. The SMILES string of the molecule is CC(Oc1ccccc1C(F)(F)F)C(=O)NCCCNC(=O)OC(C)(C)C. The predicted molar refractivity (Wildman–Crippen MR) is 93.4 cm³/mol. The maximum atomic E-state index is 12.9. The number of amides is 2. The predicted octanol–water partition coefficient (Wildman–Crippen LogP) is 3.50. The Labute approximate surface area is 156 Å². The molecule has 152 valence electrons. The van der Waals surface area contributed by atoms with Crippen molar-refractivity contribution in [2.45, 2.75) is 52.0 Å². The third-order valence-corrected chi connectivity index (χ3v) is 3.19. The molecule has 0 bridgehead atoms. The molecule has 0 aromatic heterocycles. The Balaban J connectivity index is 2.39. The molecule has 1 atom stereocenters. The van der Waals surface area contributed by atoms with Gasteiger partial charge in [0, 0.05) is 13.1 Å². The molecule has 0 saturated carbocycles. The number of rotatable bonds is 7. The number of carbonyl (C=O) groups excluding carboxylic acids is 2. The Morgan fingerprint density at radius 3 is 2.26 bits per heavy atom. The molecule has 27 heavy (non-hydrogen) atoms. The number of para-hydroxylation sites is 1. The molecule has 0 radical (unpaired) electrons. The topological polar surface area (TPSA) is 76.7 Å². The van der Waals surface area contributed by atoms with E-state index in [1.165, 1.54) is 19.1 Å². The highest BCUT2D eigenvalue weighted by atomic mass is 19.4. The van der Waals surface area contributed by atoms with Gasteiger partial charge in [-0.25, -0.2) is 4.79 Å². The standard InChI is InChI=1S/C18H25F3N2O4/c1-12(26-14-9-6-5-8-13(14)18(19,20)21)15(24)22-10-7-11-23-16(25)27-17(2,3)4/h5-6,8-9,12H,7,10-11H2,1-4H3,(H,22,24)(H,23,25). The Morgan fingerprint density at radius 1 is 1.07 bits per heavy atom. The third-order valence-electron chi connectivity index (χ3n) is 3.19. The van der Waals surface area contributed by atoms with Crippen molar-refractivity contribution < 1.29 is 32.2 Å². The van der Waals surface area contributed by atoms with Gasteiger partial charge in [-0.1, -0.05) is 12.1 Å². The lowest BCUT2D eigenvalue weighted by atomic mass is 10.2. The summed E-state index contributed by atoms with van der Waals surface area (Å²) in [5, 5.41) is 5.08. The number of carbonyl (C=O) groups is 2. The number of hydrogen-bond acceptors (Lipinski definition) is 4. The number of nitrogens with one attached hydrogen (secondary N) is 2. The lowest BCUT2D eigenvalue weighted by Gasteiger charge is -2.20. The van der Waals surface area contributed by atoms with Crippen LogP contribution in [-0.4, -0.2) is 36.8 Å². The molecule has 2 N–H and O–H groups in total. The fourth-order valence-corrected chi connectivity index (χ4v) is 2.00. The van der Waals surface area contributed by atoms with Crippen LogP contribution in [-0.2, 0) is 15.7 Å². The number of alkyl halides is 3. The van der Waals surface area contributed by atoms with Crippen LogP contribution in [0.1, 0.15) is 39.7 Å². The normalized spacial score (nSPS) is 12.9. The Hall–Kier alpha value is -2.45. The van der Waals surface area contributed by atoms with Gasteiger partial charge in [-0.3, -0.25) is 4.79 Å². The summed E-state index contributed by atoms with van der Waals surface area (Å²) in [6.45, 7) is 7.09. The minimum Gasteiger partial charge on any atom is -0.480 e. The highest BCUT2D eigenvalue weighted by molar-refractivity contribution is 5.80. The van der Waals surface area contributed by atoms with Gasteiger partial charge < -0.3 is 20.1 Å². The maximum absolute atomic E-state index is 12.9. The van der Waals surface area contributed by atoms with E-state index in [1.54, 1.807) is 20.8 Å². The van der Waals surface area contributed by atoms with Crippen LogP contribution < -0.4 is 15.4 Å². The lowest BCUT2D eigenvalue weighted by Crippen LogP contribution is -2.38. The van der Waals surface area contributed by atoms with E-state index in [2.05, 4.69) is 10.6 Å². The Bertz CT molecular complexity index is 642. The second-order valence-corrected chi connectivity index (χ2v) is 6.83. The molecule has 1 unspecified atom stereocenters. The fourth-order valence-electron chi connectivity index (χ4n) is 2.00. The van der Waals surface area contributed by atoms with Gasteiger partial charge >= 0.3 is 12.3 Å². The van der Waals surface area contributed by atoms with Gasteiger partial charge in [-0.2, -0.15) is 13.2 Å². The summed E-state index contributed by atoms with van der Waals surface area (Å²) in [6, 6.07) is 4.70. The van der Waals surface area contributed by atoms with Gasteiger partial charge in [0.1, 0.15) is 11.4 Å². The molecule has 0 aliphatic heterocycles. The first kappa shape index (κ1) is 22.6. The Morgan fingerprint density at radius 2 is 1.67 bits per heavy atom. The zero-order chi connectivity index (χ0) is 20.7. The number of hydrogen-bond donors (Lipinski definition) is 2. The van der Waals surface area contributed by atoms with E-state index in [9.17, 15) is 22.8 Å². The lowest BCUT2D eigenvalue weighted by molar-refractivity contribution is -0.140. The van der Waals surface area contributed by atoms with Crippen LogP contribution in [0.5, 0.6) is 5.75 Å². The first-order valence-electron chi connectivity index (χ1n) is 8.47. The van der Waals surface area contributed by atoms with Crippen molar-refractivity contribution in [1.29, 1.82) is 0 Å². The monoisotopic (exact) mass is 390 g/mol. The van der Waals surface area contributed by atoms with Crippen molar-refractivity contribution >= 4 is 12.0 Å². The van der Waals surface area contributed by atoms with Crippen molar-refractivity contribution in [3.8, 4) is 5.75 Å². The molecule has 0 aliphatic rings. The quantitative estimate of drug-likeness (QED) is 0.699. The molecular formula is C18H25F3N2O4. The summed E-state index contributed by atoms with van der Waals surface area (Å²) in [7, 11) is 0. The van der Waals surface area contributed by atoms with Crippen LogP contribution in [0.15, 0.2) is 24.3 Å². The van der Waals surface area contributed by atoms with E-state index in [4.69, 9.17) is 9.47 Å². The third kappa shape index (κ3) is 8.65. The van der Waals surface area contributed by atoms with Crippen LogP contribution in [0.25, 0.3) is 0 Å². The molecule has 1 rings (SSSR count). The number of alkyl carbamates (subject to hydrolysis) is 1. The molecular weight excluding hydrogens is 365 g/mol. The average Bonchev–Trinajstić information content (AvgIpc) is 2.52. The summed E-state index contributed by atoms with van der Waals surface area (Å²) in [4.78, 5) is 23.4. The van der Waals surface area contributed by atoms with Gasteiger partial charge in [0.05, 0.1) is 5.56 Å². The largest absolute Gasteiger partial charge is 0.480 e. The van der Waals surface area contributed by atoms with Crippen molar-refractivity contribution in [2.75, 3.05) is 13.1 Å². The first-order chi connectivity index (χ1) is 12.4. The molecule has 0 heterocycles. The van der Waals surface area contributed by atoms with E-state index in [1.807, 2.05) is 0 Å². The average molecular weight is 390 g/mol. The number of halogens is 3. The van der Waals surface area contributed by atoms with E-state index >= 15 is 0 Å². The summed E-state index contributed by atoms with van der Waals surface area (Å²) in [6.07, 6.45) is -5.81. The van der Waals surface area contributed by atoms with Crippen molar-refractivity contribution in [3.05, 3.63) is 29.8 Å². The van der Waals surface area contributed by atoms with Crippen LogP contribution >= 0.6 is 0 Å². The van der Waals surface area contributed by atoms with Crippen LogP contribution in [0.2, 0.25) is 0 Å². The molecule has 6 nitrogen and oxygen atoms in total. The van der Waals surface area contributed by atoms with Crippen molar-refractivity contribution in [2.24, 2.45) is 0 Å². The second kappa shape index (κ2) is 9.48. The van der Waals surface area contributed by atoms with Gasteiger partial charge in [0.25, 0.3) is 5.91 Å². The van der Waals surface area contributed by atoms with Crippen LogP contribution in [0, 0.1) is 0 Å². The molecule has 9 heteroatoms. The first-order valence-corrected chi connectivity index (χ1v) is 8.47. The number of benzene rings is 1. The van der Waals surface area contributed by atoms with Crippen LogP contribution in [0.4, 0.5) is 18.0 Å². The summed E-state index contributed by atoms with van der Waals surface area (Å²) in [5.41, 5.74) is -1.54. The maximum Gasteiger partial charge on any atom is 0.419 e. The smallest absolute Gasteiger partial charge is 0.419 e. The van der Waals surface area contributed by atoms with Gasteiger partial charge in [0.15, 0.2) is 6.10 Å². The molecule has 1 aromatic rings. The fraction of sp³-hybridized carbons (Fsp3) is 0.556. The molecule has 0 aliphatic carbocycles. The molecule has 0 saturated heterocycles. The summed E-state index contributed by atoms with van der Waals surface area (Å²) in [5.74, 6) is -0.955. The van der Waals surface area contributed by atoms with E-state index in [0.717, 1.165) is 12.1 Å². The van der Waals surface area contributed by atoms with Crippen molar-refractivity contribution in [1.82, 2.24) is 10.6 Å². The summed E-state index contributed by atoms with van der Waals surface area (Å²) >= 11 is 0. The molecule has 0 fully saturated rings. The zero-order valence-corrected chi connectivity index (χ0v) is 15.8. The molecule has 0 spiro atoms. The van der Waals surface area contributed by atoms with E-state index in [0.29, 0.717) is 6.42 Å². The van der Waals surface area contributed by atoms with E-state index in [-0.39, 0.29) is 13.1 Å². The van der Waals surface area contributed by atoms with Gasteiger partial charge in [0.2, 0.25) is 0 Å². The minimum atomic E-state index is -4.57. The highest BCUT2D eigenvalue weighted by Crippen LogP contribution is 2.36. The van der Waals surface area contributed by atoms with Crippen LogP contribution in [0.3, 0.4) is 0 Å². The van der Waals surface area contributed by atoms with Gasteiger partial charge in [-0.15, -0.1) is 0 Å². The van der Waals surface area contributed by atoms with Crippen molar-refractivity contribution in [3.63, 3.8) is 0 Å². The highest BCUT2D eigenvalue weighted by Gasteiger charge is 2.34. The van der Waals surface area contributed by atoms with Gasteiger partial charge in [-0.05, 0) is 46.2 Å². The zero-order valence-electron chi connectivity index (χ0n) is 15.8. The van der Waals surface area contributed by atoms with E-state index < -0.39 is 41.2 Å².